The monoisotopic (exact) mass is 419 g/mol. The maximum atomic E-state index is 13.0. The number of pyridine rings is 1. The van der Waals surface area contributed by atoms with E-state index in [1.807, 2.05) is 53.7 Å². The minimum atomic E-state index is -0.605. The van der Waals surface area contributed by atoms with Crippen LogP contribution in [0, 0.1) is 0 Å². The summed E-state index contributed by atoms with van der Waals surface area (Å²) in [5.41, 5.74) is -0.319. The zero-order valence-electron chi connectivity index (χ0n) is 19.5. The molecule has 0 aromatic carbocycles. The van der Waals surface area contributed by atoms with Crippen molar-refractivity contribution in [3.05, 3.63) is 23.9 Å². The summed E-state index contributed by atoms with van der Waals surface area (Å²) in [4.78, 5) is 33.7. The molecule has 1 aromatic heterocycles. The van der Waals surface area contributed by atoms with E-state index in [1.165, 1.54) is 0 Å². The molecule has 0 N–H and O–H groups in total. The lowest BCUT2D eigenvalue weighted by Crippen LogP contribution is -2.40. The van der Waals surface area contributed by atoms with Crippen molar-refractivity contribution in [2.24, 2.45) is 0 Å². The molecule has 1 aromatic rings. The van der Waals surface area contributed by atoms with Gasteiger partial charge in [0.25, 0.3) is 0 Å². The summed E-state index contributed by atoms with van der Waals surface area (Å²) in [5.74, 6) is 0.556. The standard InChI is InChI=1S/C23H37N3O4/c1-8-9-15-26(21(28)30-23(5,6)7)19-17(12-10-14-24-19)18-13-11-16-25(18)20(27)29-22(2,3)4/h10,12,14,18H,8-9,11,13,15-16H2,1-7H3. The van der Waals surface area contributed by atoms with Gasteiger partial charge >= 0.3 is 12.2 Å². The molecule has 7 nitrogen and oxygen atoms in total. The van der Waals surface area contributed by atoms with E-state index in [9.17, 15) is 9.59 Å². The number of unbranched alkanes of at least 4 members (excludes halogenated alkanes) is 1. The van der Waals surface area contributed by atoms with Crippen LogP contribution in [0.2, 0.25) is 0 Å². The Morgan fingerprint density at radius 3 is 2.43 bits per heavy atom. The second-order valence-electron chi connectivity index (χ2n) is 9.73. The molecule has 1 fully saturated rings. The van der Waals surface area contributed by atoms with E-state index in [0.29, 0.717) is 18.9 Å². The lowest BCUT2D eigenvalue weighted by molar-refractivity contribution is 0.0224. The van der Waals surface area contributed by atoms with Gasteiger partial charge in [0.2, 0.25) is 0 Å². The van der Waals surface area contributed by atoms with E-state index in [4.69, 9.17) is 9.47 Å². The summed E-state index contributed by atoms with van der Waals surface area (Å²) in [7, 11) is 0. The summed E-state index contributed by atoms with van der Waals surface area (Å²) in [5, 5.41) is 0. The molecular formula is C23H37N3O4. The third kappa shape index (κ3) is 6.61. The molecule has 1 aliphatic rings. The second-order valence-corrected chi connectivity index (χ2v) is 9.73. The van der Waals surface area contributed by atoms with Gasteiger partial charge in [0.05, 0.1) is 6.04 Å². The Labute approximate surface area is 180 Å². The van der Waals surface area contributed by atoms with Crippen LogP contribution in [0.4, 0.5) is 15.4 Å². The van der Waals surface area contributed by atoms with E-state index >= 15 is 0 Å². The summed E-state index contributed by atoms with van der Waals surface area (Å²) in [6.45, 7) is 14.3. The predicted molar refractivity (Wildman–Crippen MR) is 118 cm³/mol. The average molecular weight is 420 g/mol. The average Bonchev–Trinajstić information content (AvgIpc) is 3.09. The van der Waals surface area contributed by atoms with Gasteiger partial charge in [0.15, 0.2) is 0 Å². The topological polar surface area (TPSA) is 72.0 Å². The van der Waals surface area contributed by atoms with Crippen molar-refractivity contribution in [1.29, 1.82) is 0 Å². The third-order valence-corrected chi connectivity index (χ3v) is 4.66. The number of carbonyl (C=O) groups excluding carboxylic acids is 2. The molecule has 7 heteroatoms. The molecule has 1 atom stereocenters. The molecule has 168 valence electrons. The lowest BCUT2D eigenvalue weighted by Gasteiger charge is -2.32. The van der Waals surface area contributed by atoms with Crippen molar-refractivity contribution < 1.29 is 19.1 Å². The first-order chi connectivity index (χ1) is 13.9. The quantitative estimate of drug-likeness (QED) is 0.612. The number of carbonyl (C=O) groups is 2. The molecular weight excluding hydrogens is 382 g/mol. The van der Waals surface area contributed by atoms with Gasteiger partial charge in [-0.15, -0.1) is 0 Å². The summed E-state index contributed by atoms with van der Waals surface area (Å²) < 4.78 is 11.3. The SMILES string of the molecule is CCCCN(C(=O)OC(C)(C)C)c1ncccc1C1CCCN1C(=O)OC(C)(C)C. The molecule has 30 heavy (non-hydrogen) atoms. The van der Waals surface area contributed by atoms with Crippen molar-refractivity contribution in [2.75, 3.05) is 18.0 Å². The number of likely N-dealkylation sites (tertiary alicyclic amines) is 1. The first-order valence-electron chi connectivity index (χ1n) is 10.9. The Morgan fingerprint density at radius 1 is 1.17 bits per heavy atom. The Hall–Kier alpha value is -2.31. The van der Waals surface area contributed by atoms with Gasteiger partial charge in [0.1, 0.15) is 17.0 Å². The van der Waals surface area contributed by atoms with Crippen molar-refractivity contribution >= 4 is 18.0 Å². The van der Waals surface area contributed by atoms with E-state index in [2.05, 4.69) is 11.9 Å². The van der Waals surface area contributed by atoms with Gasteiger partial charge in [-0.25, -0.2) is 14.6 Å². The molecule has 1 saturated heterocycles. The number of nitrogens with zero attached hydrogens (tertiary/aromatic N) is 3. The highest BCUT2D eigenvalue weighted by molar-refractivity contribution is 5.87. The number of rotatable bonds is 5. The minimum Gasteiger partial charge on any atom is -0.444 e. The Morgan fingerprint density at radius 2 is 1.83 bits per heavy atom. The van der Waals surface area contributed by atoms with Crippen molar-refractivity contribution in [3.63, 3.8) is 0 Å². The highest BCUT2D eigenvalue weighted by Crippen LogP contribution is 2.37. The van der Waals surface area contributed by atoms with Crippen LogP contribution in [0.1, 0.15) is 85.8 Å². The van der Waals surface area contributed by atoms with Crippen LogP contribution in [0.25, 0.3) is 0 Å². The number of aromatic nitrogens is 1. The van der Waals surface area contributed by atoms with Crippen LogP contribution in [0.5, 0.6) is 0 Å². The lowest BCUT2D eigenvalue weighted by atomic mass is 10.0. The Balaban J connectivity index is 2.38. The molecule has 1 aliphatic heterocycles. The predicted octanol–water partition coefficient (Wildman–Crippen LogP) is 5.70. The van der Waals surface area contributed by atoms with Gasteiger partial charge in [-0.05, 0) is 66.9 Å². The van der Waals surface area contributed by atoms with Gasteiger partial charge in [-0.3, -0.25) is 4.90 Å². The Kier molecular flexibility index (Phi) is 7.72. The molecule has 2 rings (SSSR count). The molecule has 0 saturated carbocycles. The maximum Gasteiger partial charge on any atom is 0.416 e. The number of hydrogen-bond donors (Lipinski definition) is 0. The second kappa shape index (κ2) is 9.67. The number of anilines is 1. The third-order valence-electron chi connectivity index (χ3n) is 4.66. The molecule has 2 amide bonds. The largest absolute Gasteiger partial charge is 0.444 e. The Bertz CT molecular complexity index is 737. The summed E-state index contributed by atoms with van der Waals surface area (Å²) in [6, 6.07) is 3.60. The molecule has 0 bridgehead atoms. The first kappa shape index (κ1) is 24.0. The van der Waals surface area contributed by atoms with Crippen molar-refractivity contribution in [2.45, 2.75) is 91.4 Å². The molecule has 0 spiro atoms. The van der Waals surface area contributed by atoms with E-state index in [-0.39, 0.29) is 12.1 Å². The fourth-order valence-corrected chi connectivity index (χ4v) is 3.44. The van der Waals surface area contributed by atoms with E-state index in [0.717, 1.165) is 31.2 Å². The number of hydrogen-bond acceptors (Lipinski definition) is 5. The molecule has 0 aliphatic carbocycles. The number of ether oxygens (including phenoxy) is 2. The zero-order valence-corrected chi connectivity index (χ0v) is 19.5. The van der Waals surface area contributed by atoms with E-state index in [1.54, 1.807) is 16.0 Å². The van der Waals surface area contributed by atoms with Crippen LogP contribution in [-0.4, -0.2) is 46.4 Å². The summed E-state index contributed by atoms with van der Waals surface area (Å²) in [6.07, 6.45) is 4.36. The molecule has 0 radical (unpaired) electrons. The highest BCUT2D eigenvalue weighted by Gasteiger charge is 2.36. The van der Waals surface area contributed by atoms with Gasteiger partial charge in [-0.1, -0.05) is 19.4 Å². The van der Waals surface area contributed by atoms with Gasteiger partial charge in [-0.2, -0.15) is 0 Å². The maximum absolute atomic E-state index is 13.0. The van der Waals surface area contributed by atoms with E-state index < -0.39 is 17.3 Å². The van der Waals surface area contributed by atoms with Crippen LogP contribution in [-0.2, 0) is 9.47 Å². The molecule has 1 unspecified atom stereocenters. The fraction of sp³-hybridized carbons (Fsp3) is 0.696. The smallest absolute Gasteiger partial charge is 0.416 e. The van der Waals surface area contributed by atoms with Gasteiger partial charge in [0, 0.05) is 24.8 Å². The summed E-state index contributed by atoms with van der Waals surface area (Å²) >= 11 is 0. The van der Waals surface area contributed by atoms with Gasteiger partial charge < -0.3 is 14.4 Å². The van der Waals surface area contributed by atoms with Crippen molar-refractivity contribution in [3.8, 4) is 0 Å². The van der Waals surface area contributed by atoms with Crippen LogP contribution >= 0.6 is 0 Å². The fourth-order valence-electron chi connectivity index (χ4n) is 3.44. The van der Waals surface area contributed by atoms with Crippen LogP contribution in [0.15, 0.2) is 18.3 Å². The highest BCUT2D eigenvalue weighted by atomic mass is 16.6. The minimum absolute atomic E-state index is 0.185. The van der Waals surface area contributed by atoms with Crippen LogP contribution < -0.4 is 4.90 Å². The normalized spacial score (nSPS) is 17.0. The first-order valence-corrected chi connectivity index (χ1v) is 10.9. The van der Waals surface area contributed by atoms with Crippen LogP contribution in [0.3, 0.4) is 0 Å². The zero-order chi connectivity index (χ0) is 22.5. The van der Waals surface area contributed by atoms with Crippen molar-refractivity contribution in [1.82, 2.24) is 9.88 Å². The molecule has 2 heterocycles. The number of amides is 2.